The van der Waals surface area contributed by atoms with Crippen LogP contribution in [-0.4, -0.2) is 31.8 Å². The highest BCUT2D eigenvalue weighted by molar-refractivity contribution is 5.99. The molecule has 0 saturated carbocycles. The molecule has 0 aromatic heterocycles. The fourth-order valence-corrected chi connectivity index (χ4v) is 2.01. The first-order valence-corrected chi connectivity index (χ1v) is 7.65. The number of esters is 1. The van der Waals surface area contributed by atoms with Crippen LogP contribution in [-0.2, 0) is 9.53 Å². The normalized spacial score (nSPS) is 11.3. The van der Waals surface area contributed by atoms with Gasteiger partial charge in [0, 0.05) is 11.6 Å². The number of ketones is 1. The summed E-state index contributed by atoms with van der Waals surface area (Å²) in [6, 6.07) is 11.3. The van der Waals surface area contributed by atoms with Crippen LogP contribution in [0, 0.1) is 0 Å². The Hall–Kier alpha value is -3.29. The van der Waals surface area contributed by atoms with Crippen LogP contribution in [0.4, 0.5) is 13.2 Å². The van der Waals surface area contributed by atoms with Crippen molar-refractivity contribution >= 4 is 17.8 Å². The molecule has 0 bridgehead atoms. The van der Waals surface area contributed by atoms with Crippen LogP contribution in [0.3, 0.4) is 0 Å². The summed E-state index contributed by atoms with van der Waals surface area (Å²) in [4.78, 5) is 23.7. The Kier molecular flexibility index (Phi) is 6.59. The summed E-state index contributed by atoms with van der Waals surface area (Å²) >= 11 is 0. The first kappa shape index (κ1) is 20.0. The quantitative estimate of drug-likeness (QED) is 0.412. The van der Waals surface area contributed by atoms with Crippen LogP contribution < -0.4 is 9.47 Å². The van der Waals surface area contributed by atoms with Crippen molar-refractivity contribution in [3.05, 3.63) is 65.7 Å². The molecule has 27 heavy (non-hydrogen) atoms. The summed E-state index contributed by atoms with van der Waals surface area (Å²) in [5, 5.41) is 0. The maximum atomic E-state index is 12.1. The maximum absolute atomic E-state index is 12.1. The van der Waals surface area contributed by atoms with Crippen molar-refractivity contribution in [2.45, 2.75) is 6.36 Å². The molecule has 0 aliphatic rings. The van der Waals surface area contributed by atoms with E-state index in [-0.39, 0.29) is 5.75 Å². The number of methoxy groups -OCH3 is 1. The zero-order chi connectivity index (χ0) is 19.9. The number of halogens is 3. The Morgan fingerprint density at radius 1 is 1.04 bits per heavy atom. The van der Waals surface area contributed by atoms with E-state index in [9.17, 15) is 22.8 Å². The first-order valence-electron chi connectivity index (χ1n) is 7.65. The second kappa shape index (κ2) is 8.88. The summed E-state index contributed by atoms with van der Waals surface area (Å²) in [6.07, 6.45) is -2.36. The molecule has 0 spiro atoms. The molecular formula is C19H15F3O5. The Bertz CT molecular complexity index is 826. The van der Waals surface area contributed by atoms with Gasteiger partial charge in [-0.1, -0.05) is 24.3 Å². The Balaban J connectivity index is 1.86. The summed E-state index contributed by atoms with van der Waals surface area (Å²) in [5.74, 6) is -1.03. The molecular weight excluding hydrogens is 365 g/mol. The fraction of sp³-hybridized carbons (Fsp3) is 0.158. The number of Topliss-reactive ketones (excluding diaryl/α,β-unsaturated/α-hetero) is 1. The third-order valence-corrected chi connectivity index (χ3v) is 3.26. The lowest BCUT2D eigenvalue weighted by molar-refractivity contribution is -0.274. The molecule has 0 radical (unpaired) electrons. The number of carbonyl (C=O) groups excluding carboxylic acids is 2. The van der Waals surface area contributed by atoms with Gasteiger partial charge >= 0.3 is 12.3 Å². The van der Waals surface area contributed by atoms with Crippen molar-refractivity contribution in [2.75, 3.05) is 13.7 Å². The SMILES string of the molecule is COc1cccc(C(=O)COC(=O)/C=C/c2ccc(OC(F)(F)F)cc2)c1. The number of alkyl halides is 3. The van der Waals surface area contributed by atoms with Crippen molar-refractivity contribution < 1.29 is 37.0 Å². The van der Waals surface area contributed by atoms with Crippen molar-refractivity contribution in [2.24, 2.45) is 0 Å². The van der Waals surface area contributed by atoms with Gasteiger partial charge in [-0.15, -0.1) is 13.2 Å². The van der Waals surface area contributed by atoms with E-state index in [1.54, 1.807) is 18.2 Å². The smallest absolute Gasteiger partial charge is 0.497 e. The van der Waals surface area contributed by atoms with Gasteiger partial charge in [0.2, 0.25) is 0 Å². The van der Waals surface area contributed by atoms with Crippen molar-refractivity contribution in [1.82, 2.24) is 0 Å². The Morgan fingerprint density at radius 3 is 2.37 bits per heavy atom. The van der Waals surface area contributed by atoms with Crippen LogP contribution in [0.15, 0.2) is 54.6 Å². The van der Waals surface area contributed by atoms with Gasteiger partial charge in [-0.2, -0.15) is 0 Å². The molecule has 5 nitrogen and oxygen atoms in total. The van der Waals surface area contributed by atoms with Crippen LogP contribution in [0.5, 0.6) is 11.5 Å². The van der Waals surface area contributed by atoms with Gasteiger partial charge < -0.3 is 14.2 Å². The van der Waals surface area contributed by atoms with Crippen molar-refractivity contribution in [3.8, 4) is 11.5 Å². The summed E-state index contributed by atoms with van der Waals surface area (Å²) in [6.45, 7) is -0.450. The maximum Gasteiger partial charge on any atom is 0.573 e. The van der Waals surface area contributed by atoms with Gasteiger partial charge in [0.15, 0.2) is 12.4 Å². The minimum absolute atomic E-state index is 0.339. The first-order chi connectivity index (χ1) is 12.8. The molecule has 0 unspecified atom stereocenters. The number of ether oxygens (including phenoxy) is 3. The number of hydrogen-bond acceptors (Lipinski definition) is 5. The van der Waals surface area contributed by atoms with E-state index < -0.39 is 24.7 Å². The van der Waals surface area contributed by atoms with Crippen molar-refractivity contribution in [1.29, 1.82) is 0 Å². The van der Waals surface area contributed by atoms with Gasteiger partial charge in [-0.3, -0.25) is 4.79 Å². The molecule has 0 heterocycles. The lowest BCUT2D eigenvalue weighted by Crippen LogP contribution is -2.16. The number of hydrogen-bond donors (Lipinski definition) is 0. The zero-order valence-corrected chi connectivity index (χ0v) is 14.2. The third-order valence-electron chi connectivity index (χ3n) is 3.26. The molecule has 0 amide bonds. The third kappa shape index (κ3) is 6.85. The monoisotopic (exact) mass is 380 g/mol. The molecule has 2 rings (SSSR count). The average Bonchev–Trinajstić information content (AvgIpc) is 2.64. The molecule has 0 N–H and O–H groups in total. The molecule has 0 saturated heterocycles. The van der Waals surface area contributed by atoms with Crippen LogP contribution >= 0.6 is 0 Å². The molecule has 8 heteroatoms. The van der Waals surface area contributed by atoms with Crippen LogP contribution in [0.25, 0.3) is 6.08 Å². The lowest BCUT2D eigenvalue weighted by atomic mass is 10.1. The standard InChI is InChI=1S/C19H15F3O5/c1-25-16-4-2-3-14(11-16)17(23)12-26-18(24)10-7-13-5-8-15(9-6-13)27-19(20,21)22/h2-11H,12H2,1H3/b10-7+. The largest absolute Gasteiger partial charge is 0.573 e. The van der Waals surface area contributed by atoms with Crippen LogP contribution in [0.2, 0.25) is 0 Å². The van der Waals surface area contributed by atoms with Crippen LogP contribution in [0.1, 0.15) is 15.9 Å². The van der Waals surface area contributed by atoms with Crippen molar-refractivity contribution in [3.63, 3.8) is 0 Å². The summed E-state index contributed by atoms with van der Waals surface area (Å²) in [7, 11) is 1.47. The highest BCUT2D eigenvalue weighted by atomic mass is 19.4. The van der Waals surface area contributed by atoms with E-state index >= 15 is 0 Å². The second-order valence-corrected chi connectivity index (χ2v) is 5.21. The van der Waals surface area contributed by atoms with E-state index in [2.05, 4.69) is 4.74 Å². The summed E-state index contributed by atoms with van der Waals surface area (Å²) < 4.78 is 49.8. The minimum Gasteiger partial charge on any atom is -0.497 e. The van der Waals surface area contributed by atoms with E-state index in [1.807, 2.05) is 0 Å². The minimum atomic E-state index is -4.77. The molecule has 0 aliphatic carbocycles. The summed E-state index contributed by atoms with van der Waals surface area (Å²) in [5.41, 5.74) is 0.798. The highest BCUT2D eigenvalue weighted by Gasteiger charge is 2.30. The van der Waals surface area contributed by atoms with Gasteiger partial charge in [-0.05, 0) is 35.9 Å². The number of benzene rings is 2. The molecule has 0 aliphatic heterocycles. The predicted molar refractivity (Wildman–Crippen MR) is 90.4 cm³/mol. The molecule has 142 valence electrons. The van der Waals surface area contributed by atoms with E-state index in [1.165, 1.54) is 31.4 Å². The lowest BCUT2D eigenvalue weighted by Gasteiger charge is -2.08. The van der Waals surface area contributed by atoms with Gasteiger partial charge in [0.05, 0.1) is 7.11 Å². The van der Waals surface area contributed by atoms with Gasteiger partial charge in [0.1, 0.15) is 11.5 Å². The van der Waals surface area contributed by atoms with E-state index in [0.717, 1.165) is 18.2 Å². The van der Waals surface area contributed by atoms with E-state index in [0.29, 0.717) is 16.9 Å². The zero-order valence-electron chi connectivity index (χ0n) is 14.2. The second-order valence-electron chi connectivity index (χ2n) is 5.21. The van der Waals surface area contributed by atoms with Gasteiger partial charge in [0.25, 0.3) is 0 Å². The Morgan fingerprint density at radius 2 is 1.74 bits per heavy atom. The molecule has 0 atom stereocenters. The predicted octanol–water partition coefficient (Wildman–Crippen LogP) is 4.03. The fourth-order valence-electron chi connectivity index (χ4n) is 2.01. The molecule has 2 aromatic rings. The molecule has 0 fully saturated rings. The topological polar surface area (TPSA) is 61.8 Å². The number of carbonyl (C=O) groups is 2. The Labute approximate surface area is 153 Å². The van der Waals surface area contributed by atoms with E-state index in [4.69, 9.17) is 9.47 Å². The molecule has 2 aromatic carbocycles. The van der Waals surface area contributed by atoms with Gasteiger partial charge in [-0.25, -0.2) is 4.79 Å². The highest BCUT2D eigenvalue weighted by Crippen LogP contribution is 2.23. The number of rotatable bonds is 7. The average molecular weight is 380 g/mol.